The van der Waals surface area contributed by atoms with Gasteiger partial charge in [0.05, 0.1) is 25.0 Å². The SMILES string of the molecule is Cc1cccc(C)c1NC(=O)CN1CCN(CN2C(=O)[C@H]3CCCC[C@H]3C2=O)CC1. The van der Waals surface area contributed by atoms with Gasteiger partial charge < -0.3 is 5.32 Å². The van der Waals surface area contributed by atoms with Crippen molar-refractivity contribution in [3.05, 3.63) is 29.3 Å². The van der Waals surface area contributed by atoms with E-state index in [0.717, 1.165) is 68.7 Å². The van der Waals surface area contributed by atoms with E-state index in [0.29, 0.717) is 13.2 Å². The number of carbonyl (C=O) groups excluding carboxylic acids is 3. The summed E-state index contributed by atoms with van der Waals surface area (Å²) in [4.78, 5) is 43.6. The summed E-state index contributed by atoms with van der Waals surface area (Å²) in [7, 11) is 0. The zero-order chi connectivity index (χ0) is 21.3. The van der Waals surface area contributed by atoms with E-state index in [4.69, 9.17) is 0 Å². The fourth-order valence-corrected chi connectivity index (χ4v) is 5.05. The Kier molecular flexibility index (Phi) is 6.20. The van der Waals surface area contributed by atoms with Gasteiger partial charge in [0.25, 0.3) is 0 Å². The van der Waals surface area contributed by atoms with Gasteiger partial charge in [-0.3, -0.25) is 29.1 Å². The van der Waals surface area contributed by atoms with E-state index < -0.39 is 0 Å². The molecule has 2 heterocycles. The summed E-state index contributed by atoms with van der Waals surface area (Å²) in [5.41, 5.74) is 3.02. The molecule has 4 rings (SSSR count). The number of nitrogens with zero attached hydrogens (tertiary/aromatic N) is 3. The number of anilines is 1. The maximum absolute atomic E-state index is 12.7. The standard InChI is InChI=1S/C23H32N4O3/c1-16-6-5-7-17(2)21(16)24-20(28)14-25-10-12-26(13-11-25)15-27-22(29)18-8-3-4-9-19(18)23(27)30/h5-7,18-19H,3-4,8-15H2,1-2H3,(H,24,28)/t18-,19+. The Hall–Kier alpha value is -2.25. The number of carbonyl (C=O) groups is 3. The number of amides is 3. The Labute approximate surface area is 178 Å². The third kappa shape index (κ3) is 4.27. The van der Waals surface area contributed by atoms with Crippen LogP contribution in [0.4, 0.5) is 5.69 Å². The van der Waals surface area contributed by atoms with Gasteiger partial charge in [-0.2, -0.15) is 0 Å². The Morgan fingerprint density at radius 3 is 2.03 bits per heavy atom. The lowest BCUT2D eigenvalue weighted by molar-refractivity contribution is -0.142. The van der Waals surface area contributed by atoms with Crippen LogP contribution in [0.25, 0.3) is 0 Å². The highest BCUT2D eigenvalue weighted by atomic mass is 16.2. The average Bonchev–Trinajstić information content (AvgIpc) is 2.97. The van der Waals surface area contributed by atoms with Crippen LogP contribution in [0.3, 0.4) is 0 Å². The van der Waals surface area contributed by atoms with Crippen molar-refractivity contribution in [2.75, 3.05) is 44.7 Å². The summed E-state index contributed by atoms with van der Waals surface area (Å²) in [6.45, 7) is 7.76. The second-order valence-electron chi connectivity index (χ2n) is 8.95. The zero-order valence-corrected chi connectivity index (χ0v) is 18.0. The lowest BCUT2D eigenvalue weighted by atomic mass is 9.81. The van der Waals surface area contributed by atoms with Crippen LogP contribution >= 0.6 is 0 Å². The van der Waals surface area contributed by atoms with Crippen LogP contribution in [0.2, 0.25) is 0 Å². The van der Waals surface area contributed by atoms with E-state index in [9.17, 15) is 14.4 Å². The fraction of sp³-hybridized carbons (Fsp3) is 0.609. The molecule has 0 unspecified atom stereocenters. The quantitative estimate of drug-likeness (QED) is 0.749. The van der Waals surface area contributed by atoms with Gasteiger partial charge in [-0.15, -0.1) is 0 Å². The van der Waals surface area contributed by atoms with Crippen LogP contribution in [0.1, 0.15) is 36.8 Å². The number of fused-ring (bicyclic) bond motifs is 1. The van der Waals surface area contributed by atoms with Gasteiger partial charge >= 0.3 is 0 Å². The molecule has 162 valence electrons. The third-order valence-corrected chi connectivity index (χ3v) is 6.85. The average molecular weight is 413 g/mol. The van der Waals surface area contributed by atoms with Crippen molar-refractivity contribution in [1.82, 2.24) is 14.7 Å². The highest BCUT2D eigenvalue weighted by Gasteiger charge is 2.48. The molecule has 7 heteroatoms. The maximum Gasteiger partial charge on any atom is 0.238 e. The van der Waals surface area contributed by atoms with E-state index in [1.54, 1.807) is 0 Å². The van der Waals surface area contributed by atoms with Gasteiger partial charge in [-0.1, -0.05) is 31.0 Å². The van der Waals surface area contributed by atoms with Gasteiger partial charge in [-0.25, -0.2) is 0 Å². The first-order valence-electron chi connectivity index (χ1n) is 11.1. The molecule has 3 aliphatic rings. The third-order valence-electron chi connectivity index (χ3n) is 6.85. The largest absolute Gasteiger partial charge is 0.324 e. The molecule has 1 N–H and O–H groups in total. The summed E-state index contributed by atoms with van der Waals surface area (Å²) in [5, 5.41) is 3.04. The molecule has 3 fully saturated rings. The minimum absolute atomic E-state index is 0.00479. The summed E-state index contributed by atoms with van der Waals surface area (Å²) in [6, 6.07) is 5.99. The number of aryl methyl sites for hydroxylation is 2. The van der Waals surface area contributed by atoms with E-state index in [2.05, 4.69) is 15.1 Å². The molecule has 2 saturated heterocycles. The van der Waals surface area contributed by atoms with Crippen molar-refractivity contribution in [3.63, 3.8) is 0 Å². The first-order valence-corrected chi connectivity index (χ1v) is 11.1. The van der Waals surface area contributed by atoms with Gasteiger partial charge in [0.1, 0.15) is 0 Å². The second kappa shape index (κ2) is 8.86. The number of piperazine rings is 1. The van der Waals surface area contributed by atoms with Crippen molar-refractivity contribution in [3.8, 4) is 0 Å². The van der Waals surface area contributed by atoms with Gasteiger partial charge in [0.2, 0.25) is 17.7 Å². The monoisotopic (exact) mass is 412 g/mol. The number of rotatable bonds is 5. The van der Waals surface area contributed by atoms with Crippen molar-refractivity contribution in [2.24, 2.45) is 11.8 Å². The Balaban J connectivity index is 1.26. The van der Waals surface area contributed by atoms with Crippen molar-refractivity contribution in [2.45, 2.75) is 39.5 Å². The van der Waals surface area contributed by atoms with Crippen LogP contribution < -0.4 is 5.32 Å². The number of benzene rings is 1. The normalized spacial score (nSPS) is 25.5. The number of likely N-dealkylation sites (tertiary alicyclic amines) is 1. The van der Waals surface area contributed by atoms with E-state index >= 15 is 0 Å². The minimum Gasteiger partial charge on any atom is -0.324 e. The second-order valence-corrected chi connectivity index (χ2v) is 8.95. The first kappa shape index (κ1) is 21.0. The molecule has 2 aliphatic heterocycles. The van der Waals surface area contributed by atoms with Crippen LogP contribution in [-0.2, 0) is 14.4 Å². The molecule has 0 bridgehead atoms. The lowest BCUT2D eigenvalue weighted by Crippen LogP contribution is -2.52. The molecule has 0 spiro atoms. The molecule has 0 radical (unpaired) electrons. The van der Waals surface area contributed by atoms with Crippen LogP contribution in [0.15, 0.2) is 18.2 Å². The number of hydrogen-bond donors (Lipinski definition) is 1. The van der Waals surface area contributed by atoms with Crippen molar-refractivity contribution >= 4 is 23.4 Å². The number of nitrogens with one attached hydrogen (secondary N) is 1. The summed E-state index contributed by atoms with van der Waals surface area (Å²) in [6.07, 6.45) is 3.82. The van der Waals surface area contributed by atoms with Crippen LogP contribution in [0.5, 0.6) is 0 Å². The lowest BCUT2D eigenvalue weighted by Gasteiger charge is -2.35. The van der Waals surface area contributed by atoms with E-state index in [1.165, 1.54) is 4.90 Å². The molecule has 1 saturated carbocycles. The highest BCUT2D eigenvalue weighted by molar-refractivity contribution is 6.05. The first-order chi connectivity index (χ1) is 14.4. The summed E-state index contributed by atoms with van der Waals surface area (Å²) in [5.74, 6) is -0.114. The molecule has 0 aromatic heterocycles. The zero-order valence-electron chi connectivity index (χ0n) is 18.0. The molecule has 3 amide bonds. The molecule has 2 atom stereocenters. The molecule has 1 aromatic rings. The molecular weight excluding hydrogens is 380 g/mol. The van der Waals surface area contributed by atoms with Crippen molar-refractivity contribution in [1.29, 1.82) is 0 Å². The van der Waals surface area contributed by atoms with Crippen LogP contribution in [0, 0.1) is 25.7 Å². The van der Waals surface area contributed by atoms with Crippen LogP contribution in [-0.4, -0.2) is 71.8 Å². The number of para-hydroxylation sites is 1. The van der Waals surface area contributed by atoms with E-state index in [1.807, 2.05) is 32.0 Å². The van der Waals surface area contributed by atoms with Gasteiger partial charge in [0, 0.05) is 31.9 Å². The number of hydrogen-bond acceptors (Lipinski definition) is 5. The Bertz CT molecular complexity index is 787. The summed E-state index contributed by atoms with van der Waals surface area (Å²) < 4.78 is 0. The molecule has 1 aromatic carbocycles. The molecule has 30 heavy (non-hydrogen) atoms. The Morgan fingerprint density at radius 1 is 0.933 bits per heavy atom. The molecular formula is C23H32N4O3. The van der Waals surface area contributed by atoms with Crippen molar-refractivity contribution < 1.29 is 14.4 Å². The minimum atomic E-state index is -0.0823. The Morgan fingerprint density at radius 2 is 1.47 bits per heavy atom. The van der Waals surface area contributed by atoms with Gasteiger partial charge in [0.15, 0.2) is 0 Å². The predicted molar refractivity (Wildman–Crippen MR) is 115 cm³/mol. The predicted octanol–water partition coefficient (Wildman–Crippen LogP) is 1.99. The van der Waals surface area contributed by atoms with Gasteiger partial charge in [-0.05, 0) is 37.8 Å². The summed E-state index contributed by atoms with van der Waals surface area (Å²) >= 11 is 0. The smallest absolute Gasteiger partial charge is 0.238 e. The molecule has 1 aliphatic carbocycles. The highest BCUT2D eigenvalue weighted by Crippen LogP contribution is 2.38. The topological polar surface area (TPSA) is 73.0 Å². The fourth-order valence-electron chi connectivity index (χ4n) is 5.05. The van der Waals surface area contributed by atoms with E-state index in [-0.39, 0.29) is 29.6 Å². The maximum atomic E-state index is 12.7. The number of imide groups is 1. The molecule has 7 nitrogen and oxygen atoms in total.